The summed E-state index contributed by atoms with van der Waals surface area (Å²) in [6.45, 7) is 2.87. The summed E-state index contributed by atoms with van der Waals surface area (Å²) in [6, 6.07) is 14.5. The van der Waals surface area contributed by atoms with Gasteiger partial charge in [-0.1, -0.05) is 25.5 Å². The van der Waals surface area contributed by atoms with Gasteiger partial charge < -0.3 is 9.47 Å². The van der Waals surface area contributed by atoms with Crippen LogP contribution >= 0.6 is 0 Å². The monoisotopic (exact) mass is 270 g/mol. The van der Waals surface area contributed by atoms with Crippen molar-refractivity contribution in [3.63, 3.8) is 0 Å². The lowest BCUT2D eigenvalue weighted by atomic mass is 10.2. The zero-order chi connectivity index (χ0) is 14.2. The molecule has 3 nitrogen and oxygen atoms in total. The van der Waals surface area contributed by atoms with Crippen LogP contribution in [0.3, 0.4) is 0 Å². The van der Waals surface area contributed by atoms with E-state index in [-0.39, 0.29) is 0 Å². The lowest BCUT2D eigenvalue weighted by Crippen LogP contribution is -1.96. The van der Waals surface area contributed by atoms with Crippen molar-refractivity contribution in [3.8, 4) is 17.2 Å². The highest BCUT2D eigenvalue weighted by atomic mass is 16.5. The van der Waals surface area contributed by atoms with Crippen molar-refractivity contribution in [2.45, 2.75) is 19.8 Å². The van der Waals surface area contributed by atoms with E-state index in [4.69, 9.17) is 9.47 Å². The van der Waals surface area contributed by atoms with Gasteiger partial charge in [-0.3, -0.25) is 4.79 Å². The van der Waals surface area contributed by atoms with Gasteiger partial charge in [0.15, 0.2) is 0 Å². The Hall–Kier alpha value is -2.29. The van der Waals surface area contributed by atoms with E-state index in [1.165, 1.54) is 0 Å². The summed E-state index contributed by atoms with van der Waals surface area (Å²) in [6.07, 6.45) is 2.97. The fourth-order valence-corrected chi connectivity index (χ4v) is 1.73. The molecule has 0 saturated heterocycles. The maximum Gasteiger partial charge on any atom is 0.150 e. The van der Waals surface area contributed by atoms with E-state index < -0.39 is 0 Å². The first kappa shape index (κ1) is 14.1. The number of aldehydes is 1. The lowest BCUT2D eigenvalue weighted by Gasteiger charge is -2.08. The van der Waals surface area contributed by atoms with Gasteiger partial charge in [0.1, 0.15) is 23.5 Å². The zero-order valence-electron chi connectivity index (χ0n) is 11.5. The van der Waals surface area contributed by atoms with Gasteiger partial charge in [0.25, 0.3) is 0 Å². The zero-order valence-corrected chi connectivity index (χ0v) is 11.5. The molecule has 20 heavy (non-hydrogen) atoms. The number of rotatable bonds is 7. The maximum atomic E-state index is 10.7. The lowest BCUT2D eigenvalue weighted by molar-refractivity contribution is 0.112. The van der Waals surface area contributed by atoms with Gasteiger partial charge >= 0.3 is 0 Å². The van der Waals surface area contributed by atoms with Crippen molar-refractivity contribution in [2.75, 3.05) is 6.61 Å². The van der Waals surface area contributed by atoms with Gasteiger partial charge in [0.2, 0.25) is 0 Å². The minimum atomic E-state index is 0.599. The Morgan fingerprint density at radius 1 is 1.00 bits per heavy atom. The van der Waals surface area contributed by atoms with Crippen LogP contribution in [0.2, 0.25) is 0 Å². The molecule has 104 valence electrons. The maximum absolute atomic E-state index is 10.7. The van der Waals surface area contributed by atoms with Crippen LogP contribution in [0, 0.1) is 0 Å². The minimum Gasteiger partial charge on any atom is -0.494 e. The summed E-state index contributed by atoms with van der Waals surface area (Å²) in [5.74, 6) is 2.21. The van der Waals surface area contributed by atoms with Crippen molar-refractivity contribution < 1.29 is 14.3 Å². The number of hydrogen-bond donors (Lipinski definition) is 0. The van der Waals surface area contributed by atoms with Gasteiger partial charge in [-0.25, -0.2) is 0 Å². The highest BCUT2D eigenvalue weighted by molar-refractivity contribution is 5.75. The Morgan fingerprint density at radius 3 is 2.45 bits per heavy atom. The van der Waals surface area contributed by atoms with Crippen molar-refractivity contribution in [1.82, 2.24) is 0 Å². The first-order valence-corrected chi connectivity index (χ1v) is 6.78. The Morgan fingerprint density at radius 2 is 1.75 bits per heavy atom. The quantitative estimate of drug-likeness (QED) is 0.550. The van der Waals surface area contributed by atoms with Crippen LogP contribution in [0.15, 0.2) is 48.5 Å². The van der Waals surface area contributed by atoms with E-state index in [0.29, 0.717) is 11.3 Å². The Balaban J connectivity index is 1.97. The summed E-state index contributed by atoms with van der Waals surface area (Å²) < 4.78 is 11.3. The predicted molar refractivity (Wildman–Crippen MR) is 78.7 cm³/mol. The van der Waals surface area contributed by atoms with E-state index in [9.17, 15) is 4.79 Å². The average molecular weight is 270 g/mol. The molecule has 0 radical (unpaired) electrons. The second kappa shape index (κ2) is 7.34. The smallest absolute Gasteiger partial charge is 0.150 e. The molecule has 0 aliphatic heterocycles. The van der Waals surface area contributed by atoms with E-state index in [1.807, 2.05) is 30.3 Å². The molecular weight excluding hydrogens is 252 g/mol. The van der Waals surface area contributed by atoms with Crippen molar-refractivity contribution in [3.05, 3.63) is 54.1 Å². The van der Waals surface area contributed by atoms with Crippen molar-refractivity contribution in [2.24, 2.45) is 0 Å². The SMILES string of the molecule is CCCCOc1ccc(Oc2cccc(C=O)c2)cc1. The largest absolute Gasteiger partial charge is 0.494 e. The van der Waals surface area contributed by atoms with Gasteiger partial charge in [-0.05, 0) is 42.8 Å². The van der Waals surface area contributed by atoms with Crippen LogP contribution in [0.25, 0.3) is 0 Å². The Kier molecular flexibility index (Phi) is 5.18. The molecule has 0 atom stereocenters. The molecular formula is C17H18O3. The fourth-order valence-electron chi connectivity index (χ4n) is 1.73. The molecule has 0 aliphatic carbocycles. The highest BCUT2D eigenvalue weighted by Gasteiger charge is 2.00. The van der Waals surface area contributed by atoms with E-state index in [2.05, 4.69) is 6.92 Å². The molecule has 2 aromatic carbocycles. The van der Waals surface area contributed by atoms with Crippen LogP contribution in [-0.2, 0) is 0 Å². The molecule has 0 heterocycles. The molecule has 0 N–H and O–H groups in total. The van der Waals surface area contributed by atoms with Gasteiger partial charge in [0, 0.05) is 5.56 Å². The number of ether oxygens (including phenoxy) is 2. The highest BCUT2D eigenvalue weighted by Crippen LogP contribution is 2.24. The molecule has 0 aromatic heterocycles. The summed E-state index contributed by atoms with van der Waals surface area (Å²) in [5.41, 5.74) is 0.599. The number of benzene rings is 2. The Bertz CT molecular complexity index is 546. The molecule has 0 unspecified atom stereocenters. The van der Waals surface area contributed by atoms with Gasteiger partial charge in [-0.15, -0.1) is 0 Å². The Labute approximate surface area is 119 Å². The summed E-state index contributed by atoms with van der Waals surface area (Å²) in [5, 5.41) is 0. The van der Waals surface area contributed by atoms with Crippen LogP contribution in [0.4, 0.5) is 0 Å². The van der Waals surface area contributed by atoms with Crippen LogP contribution < -0.4 is 9.47 Å². The molecule has 0 saturated carbocycles. The molecule has 2 rings (SSSR count). The molecule has 0 bridgehead atoms. The third kappa shape index (κ3) is 4.12. The minimum absolute atomic E-state index is 0.599. The standard InChI is InChI=1S/C17H18O3/c1-2-3-11-19-15-7-9-16(10-8-15)20-17-6-4-5-14(12-17)13-18/h4-10,12-13H,2-3,11H2,1H3. The van der Waals surface area contributed by atoms with Crippen molar-refractivity contribution >= 4 is 6.29 Å². The third-order valence-corrected chi connectivity index (χ3v) is 2.82. The molecule has 0 spiro atoms. The van der Waals surface area contributed by atoms with Crippen molar-refractivity contribution in [1.29, 1.82) is 0 Å². The summed E-state index contributed by atoms with van der Waals surface area (Å²) in [4.78, 5) is 10.7. The number of hydrogen-bond acceptors (Lipinski definition) is 3. The number of carbonyl (C=O) groups excluding carboxylic acids is 1. The first-order valence-electron chi connectivity index (χ1n) is 6.78. The van der Waals surface area contributed by atoms with Crippen LogP contribution in [0.1, 0.15) is 30.1 Å². The topological polar surface area (TPSA) is 35.5 Å². The van der Waals surface area contributed by atoms with Crippen LogP contribution in [0.5, 0.6) is 17.2 Å². The van der Waals surface area contributed by atoms with E-state index in [0.717, 1.165) is 37.2 Å². The predicted octanol–water partition coefficient (Wildman–Crippen LogP) is 4.47. The summed E-state index contributed by atoms with van der Waals surface area (Å²) in [7, 11) is 0. The van der Waals surface area contributed by atoms with E-state index >= 15 is 0 Å². The fraction of sp³-hybridized carbons (Fsp3) is 0.235. The van der Waals surface area contributed by atoms with Crippen LogP contribution in [-0.4, -0.2) is 12.9 Å². The molecule has 0 fully saturated rings. The number of carbonyl (C=O) groups is 1. The summed E-state index contributed by atoms with van der Waals surface area (Å²) >= 11 is 0. The first-order chi connectivity index (χ1) is 9.81. The molecule has 2 aromatic rings. The second-order valence-corrected chi connectivity index (χ2v) is 4.47. The average Bonchev–Trinajstić information content (AvgIpc) is 2.49. The number of unbranched alkanes of at least 4 members (excludes halogenated alkanes) is 1. The van der Waals surface area contributed by atoms with Gasteiger partial charge in [-0.2, -0.15) is 0 Å². The normalized spacial score (nSPS) is 10.1. The molecule has 0 amide bonds. The van der Waals surface area contributed by atoms with E-state index in [1.54, 1.807) is 18.2 Å². The molecule has 0 aliphatic rings. The molecule has 3 heteroatoms. The second-order valence-electron chi connectivity index (χ2n) is 4.47. The van der Waals surface area contributed by atoms with Gasteiger partial charge in [0.05, 0.1) is 6.61 Å². The third-order valence-electron chi connectivity index (χ3n) is 2.82.